The summed E-state index contributed by atoms with van der Waals surface area (Å²) in [6.07, 6.45) is 6.67. The van der Waals surface area contributed by atoms with Crippen molar-refractivity contribution >= 4 is 16.8 Å². The van der Waals surface area contributed by atoms with E-state index >= 15 is 0 Å². The lowest BCUT2D eigenvalue weighted by atomic mass is 9.84. The normalized spacial score (nSPS) is 20.5. The van der Waals surface area contributed by atoms with Crippen LogP contribution in [0.5, 0.6) is 5.75 Å². The molecular weight excluding hydrogens is 424 g/mol. The van der Waals surface area contributed by atoms with Crippen LogP contribution >= 0.6 is 0 Å². The molecule has 5 rings (SSSR count). The predicted molar refractivity (Wildman–Crippen MR) is 133 cm³/mol. The highest BCUT2D eigenvalue weighted by molar-refractivity contribution is 5.99. The molecule has 2 heterocycles. The lowest BCUT2D eigenvalue weighted by Crippen LogP contribution is -2.38. The minimum absolute atomic E-state index is 0.0366. The van der Waals surface area contributed by atoms with Gasteiger partial charge in [0.1, 0.15) is 11.4 Å². The van der Waals surface area contributed by atoms with Gasteiger partial charge in [0.25, 0.3) is 5.91 Å². The van der Waals surface area contributed by atoms with Crippen LogP contribution < -0.4 is 10.1 Å². The molecule has 0 radical (unpaired) electrons. The average molecular weight is 457 g/mol. The third-order valence-corrected chi connectivity index (χ3v) is 7.55. The Hall–Kier alpha value is -3.30. The molecule has 6 heteroatoms. The first-order chi connectivity index (χ1) is 16.6. The second-order valence-electron chi connectivity index (χ2n) is 9.71. The van der Waals surface area contributed by atoms with Gasteiger partial charge in [-0.3, -0.25) is 9.69 Å². The van der Waals surface area contributed by atoms with E-state index in [1.165, 1.54) is 17.5 Å². The lowest BCUT2D eigenvalue weighted by Gasteiger charge is -2.33. The Balaban J connectivity index is 1.09. The number of benzene rings is 2. The number of rotatable bonds is 6. The number of hydrogen-bond acceptors (Lipinski definition) is 4. The van der Waals surface area contributed by atoms with Gasteiger partial charge in [0.15, 0.2) is 0 Å². The van der Waals surface area contributed by atoms with E-state index < -0.39 is 0 Å². The highest BCUT2D eigenvalue weighted by Crippen LogP contribution is 2.29. The molecule has 1 fully saturated rings. The average Bonchev–Trinajstić information content (AvgIpc) is 3.32. The Kier molecular flexibility index (Phi) is 6.55. The van der Waals surface area contributed by atoms with Crippen molar-refractivity contribution in [3.8, 4) is 11.8 Å². The fraction of sp³-hybridized carbons (Fsp3) is 0.429. The quantitative estimate of drug-likeness (QED) is 0.559. The van der Waals surface area contributed by atoms with Crippen molar-refractivity contribution in [2.24, 2.45) is 5.92 Å². The van der Waals surface area contributed by atoms with Crippen molar-refractivity contribution in [3.63, 3.8) is 0 Å². The molecule has 1 aliphatic carbocycles. The van der Waals surface area contributed by atoms with Crippen molar-refractivity contribution < 1.29 is 9.53 Å². The van der Waals surface area contributed by atoms with Crippen LogP contribution in [0, 0.1) is 17.2 Å². The van der Waals surface area contributed by atoms with E-state index in [-0.39, 0.29) is 11.9 Å². The van der Waals surface area contributed by atoms with E-state index in [9.17, 15) is 10.1 Å². The number of H-pyrrole nitrogens is 1. The molecule has 2 N–H and O–H groups in total. The van der Waals surface area contributed by atoms with Crippen molar-refractivity contribution in [2.75, 3.05) is 20.2 Å². The number of carbonyl (C=O) groups is 1. The lowest BCUT2D eigenvalue weighted by molar-refractivity contribution is 0.0915. The summed E-state index contributed by atoms with van der Waals surface area (Å²) in [4.78, 5) is 18.6. The summed E-state index contributed by atoms with van der Waals surface area (Å²) in [5, 5.41) is 13.3. The number of nitrogens with one attached hydrogen (secondary N) is 2. The zero-order valence-corrected chi connectivity index (χ0v) is 19.8. The summed E-state index contributed by atoms with van der Waals surface area (Å²) in [6.45, 7) is 3.15. The van der Waals surface area contributed by atoms with Gasteiger partial charge in [-0.25, -0.2) is 0 Å². The van der Waals surface area contributed by atoms with Gasteiger partial charge in [0.2, 0.25) is 0 Å². The third kappa shape index (κ3) is 4.80. The predicted octanol–water partition coefficient (Wildman–Crippen LogP) is 4.79. The summed E-state index contributed by atoms with van der Waals surface area (Å²) in [7, 11) is 1.65. The number of methoxy groups -OCH3 is 1. The Labute approximate surface area is 200 Å². The fourth-order valence-corrected chi connectivity index (χ4v) is 5.53. The van der Waals surface area contributed by atoms with E-state index in [0.29, 0.717) is 5.69 Å². The van der Waals surface area contributed by atoms with Gasteiger partial charge in [-0.05, 0) is 92.4 Å². The third-order valence-electron chi connectivity index (χ3n) is 7.55. The number of aromatic nitrogens is 1. The van der Waals surface area contributed by atoms with Gasteiger partial charge in [-0.1, -0.05) is 12.1 Å². The first kappa shape index (κ1) is 22.5. The molecule has 1 amide bonds. The number of nitriles is 1. The van der Waals surface area contributed by atoms with Crippen LogP contribution in [-0.4, -0.2) is 42.0 Å². The van der Waals surface area contributed by atoms with Gasteiger partial charge < -0.3 is 15.0 Å². The molecule has 6 nitrogen and oxygen atoms in total. The zero-order chi connectivity index (χ0) is 23.5. The van der Waals surface area contributed by atoms with Gasteiger partial charge in [0, 0.05) is 30.0 Å². The van der Waals surface area contributed by atoms with Crippen molar-refractivity contribution in [1.82, 2.24) is 15.2 Å². The molecule has 2 aromatic carbocycles. The molecule has 34 heavy (non-hydrogen) atoms. The number of carbonyl (C=O) groups excluding carboxylic acids is 1. The first-order valence-electron chi connectivity index (χ1n) is 12.3. The first-order valence-corrected chi connectivity index (χ1v) is 12.3. The number of aromatic amines is 1. The molecule has 0 unspecified atom stereocenters. The second kappa shape index (κ2) is 9.90. The minimum Gasteiger partial charge on any atom is -0.496 e. The monoisotopic (exact) mass is 456 g/mol. The van der Waals surface area contributed by atoms with Crippen LogP contribution in [-0.2, 0) is 13.0 Å². The van der Waals surface area contributed by atoms with E-state index in [1.54, 1.807) is 7.11 Å². The fourth-order valence-electron chi connectivity index (χ4n) is 5.53. The van der Waals surface area contributed by atoms with Crippen LogP contribution in [0.4, 0.5) is 0 Å². The highest BCUT2D eigenvalue weighted by Gasteiger charge is 2.25. The van der Waals surface area contributed by atoms with E-state index in [0.717, 1.165) is 79.9 Å². The summed E-state index contributed by atoms with van der Waals surface area (Å²) in [5.41, 5.74) is 4.96. The zero-order valence-electron chi connectivity index (χ0n) is 19.8. The maximum atomic E-state index is 12.8. The molecule has 2 aliphatic rings. The molecule has 0 saturated heterocycles. The van der Waals surface area contributed by atoms with Crippen LogP contribution in [0.1, 0.15) is 59.3 Å². The second-order valence-corrected chi connectivity index (χ2v) is 9.71. The molecule has 0 spiro atoms. The van der Waals surface area contributed by atoms with Gasteiger partial charge in [-0.2, -0.15) is 5.26 Å². The van der Waals surface area contributed by atoms with E-state index in [1.807, 2.05) is 30.3 Å². The van der Waals surface area contributed by atoms with Crippen molar-refractivity contribution in [1.29, 1.82) is 5.26 Å². The topological polar surface area (TPSA) is 81.2 Å². The van der Waals surface area contributed by atoms with Crippen LogP contribution in [0.2, 0.25) is 0 Å². The maximum Gasteiger partial charge on any atom is 0.267 e. The SMILES string of the molecule is COc1cccc2[nH]c(C(=O)NC3CCC(CCN4CCc5ccc(C#N)cc5C4)CC3)cc12. The molecule has 0 bridgehead atoms. The Morgan fingerprint density at radius 1 is 1.18 bits per heavy atom. The summed E-state index contributed by atoms with van der Waals surface area (Å²) < 4.78 is 5.41. The Bertz CT molecular complexity index is 1220. The molecule has 1 aliphatic heterocycles. The molecule has 0 atom stereocenters. The number of amides is 1. The minimum atomic E-state index is -0.0366. The Morgan fingerprint density at radius 3 is 2.82 bits per heavy atom. The largest absolute Gasteiger partial charge is 0.496 e. The smallest absolute Gasteiger partial charge is 0.267 e. The van der Waals surface area contributed by atoms with E-state index in [2.05, 4.69) is 33.4 Å². The van der Waals surface area contributed by atoms with Gasteiger partial charge in [0.05, 0.1) is 18.7 Å². The van der Waals surface area contributed by atoms with Crippen molar-refractivity contribution in [3.05, 3.63) is 64.8 Å². The number of ether oxygens (including phenoxy) is 1. The molecule has 176 valence electrons. The molecule has 3 aromatic rings. The molecular formula is C28H32N4O2. The van der Waals surface area contributed by atoms with E-state index in [4.69, 9.17) is 4.74 Å². The molecule has 1 saturated carbocycles. The Morgan fingerprint density at radius 2 is 2.03 bits per heavy atom. The number of hydrogen-bond donors (Lipinski definition) is 2. The summed E-state index contributed by atoms with van der Waals surface area (Å²) in [5.74, 6) is 1.46. The summed E-state index contributed by atoms with van der Waals surface area (Å²) in [6, 6.07) is 16.3. The van der Waals surface area contributed by atoms with Crippen LogP contribution in [0.3, 0.4) is 0 Å². The highest BCUT2D eigenvalue weighted by atomic mass is 16.5. The van der Waals surface area contributed by atoms with Gasteiger partial charge >= 0.3 is 0 Å². The maximum absolute atomic E-state index is 12.8. The number of fused-ring (bicyclic) bond motifs is 2. The summed E-state index contributed by atoms with van der Waals surface area (Å²) >= 11 is 0. The van der Waals surface area contributed by atoms with Gasteiger partial charge in [-0.15, -0.1) is 0 Å². The van der Waals surface area contributed by atoms with Crippen LogP contribution in [0.25, 0.3) is 10.9 Å². The van der Waals surface area contributed by atoms with Crippen LogP contribution in [0.15, 0.2) is 42.5 Å². The van der Waals surface area contributed by atoms with Crippen molar-refractivity contribution in [2.45, 2.75) is 51.1 Å². The standard InChI is InChI=1S/C28H32N4O2/c1-34-27-4-2-3-25-24(27)16-26(31-25)28(33)30-23-9-6-19(7-10-23)11-13-32-14-12-21-8-5-20(17-29)15-22(21)18-32/h2-5,8,15-16,19,23,31H,6-7,9-14,18H2,1H3,(H,30,33). The molecule has 1 aromatic heterocycles. The number of nitrogens with zero attached hydrogens (tertiary/aromatic N) is 2.